The molecule has 0 fully saturated rings. The van der Waals surface area contributed by atoms with Crippen LogP contribution in [0.1, 0.15) is 11.1 Å². The van der Waals surface area contributed by atoms with E-state index in [4.69, 9.17) is 11.6 Å². The number of benzene rings is 2. The van der Waals surface area contributed by atoms with E-state index in [9.17, 15) is 0 Å². The lowest BCUT2D eigenvalue weighted by Gasteiger charge is -2.15. The minimum atomic E-state index is 0.602. The molecule has 0 spiro atoms. The lowest BCUT2D eigenvalue weighted by atomic mass is 10.2. The van der Waals surface area contributed by atoms with E-state index in [1.807, 2.05) is 54.6 Å². The van der Waals surface area contributed by atoms with Crippen molar-refractivity contribution in [2.45, 2.75) is 0 Å². The van der Waals surface area contributed by atoms with E-state index in [0.717, 1.165) is 11.1 Å². The molecule has 1 aliphatic rings. The van der Waals surface area contributed by atoms with E-state index in [1.165, 1.54) is 0 Å². The van der Waals surface area contributed by atoms with E-state index in [-0.39, 0.29) is 0 Å². The van der Waals surface area contributed by atoms with Crippen LogP contribution in [0.15, 0.2) is 64.8 Å². The molecule has 0 aromatic heterocycles. The summed E-state index contributed by atoms with van der Waals surface area (Å²) < 4.78 is 0. The number of hydrogen-bond donors (Lipinski definition) is 2. The molecule has 19 heavy (non-hydrogen) atoms. The molecule has 94 valence electrons. The van der Waals surface area contributed by atoms with E-state index in [1.54, 1.807) is 0 Å². The fourth-order valence-electron chi connectivity index (χ4n) is 1.77. The molecule has 4 nitrogen and oxygen atoms in total. The Labute approximate surface area is 115 Å². The van der Waals surface area contributed by atoms with Crippen molar-refractivity contribution in [3.63, 3.8) is 0 Å². The van der Waals surface area contributed by atoms with Gasteiger partial charge in [0.2, 0.25) is 0 Å². The van der Waals surface area contributed by atoms with E-state index >= 15 is 0 Å². The monoisotopic (exact) mass is 270 g/mol. The van der Waals surface area contributed by atoms with Gasteiger partial charge in [0.15, 0.2) is 11.7 Å². The normalized spacial score (nSPS) is 13.9. The molecule has 0 atom stereocenters. The van der Waals surface area contributed by atoms with Crippen molar-refractivity contribution < 1.29 is 0 Å². The van der Waals surface area contributed by atoms with Gasteiger partial charge in [-0.25, -0.2) is 0 Å². The Balaban J connectivity index is 1.82. The maximum atomic E-state index is 6.11. The number of amidine groups is 2. The Hall–Kier alpha value is -2.33. The van der Waals surface area contributed by atoms with E-state index in [2.05, 4.69) is 21.1 Å². The number of rotatable bonds is 2. The van der Waals surface area contributed by atoms with Crippen molar-refractivity contribution in [1.29, 1.82) is 0 Å². The highest BCUT2D eigenvalue weighted by Gasteiger charge is 2.13. The summed E-state index contributed by atoms with van der Waals surface area (Å²) in [6, 6.07) is 17.3. The molecule has 0 aliphatic carbocycles. The summed E-state index contributed by atoms with van der Waals surface area (Å²) in [4.78, 5) is 0. The molecule has 0 bridgehead atoms. The minimum absolute atomic E-state index is 0.602. The number of nitrogens with one attached hydrogen (secondary N) is 2. The maximum Gasteiger partial charge on any atom is 0.175 e. The largest absolute Gasteiger partial charge is 0.257 e. The molecule has 0 radical (unpaired) electrons. The van der Waals surface area contributed by atoms with Crippen LogP contribution in [0.5, 0.6) is 0 Å². The second-order valence-electron chi connectivity index (χ2n) is 3.99. The van der Waals surface area contributed by atoms with Gasteiger partial charge < -0.3 is 0 Å². The molecule has 1 heterocycles. The molecular weight excluding hydrogens is 260 g/mol. The first-order valence-corrected chi connectivity index (χ1v) is 6.20. The van der Waals surface area contributed by atoms with Gasteiger partial charge in [-0.3, -0.25) is 10.9 Å². The van der Waals surface area contributed by atoms with Gasteiger partial charge in [-0.05, 0) is 12.1 Å². The predicted molar refractivity (Wildman–Crippen MR) is 77.2 cm³/mol. The highest BCUT2D eigenvalue weighted by molar-refractivity contribution is 6.34. The highest BCUT2D eigenvalue weighted by atomic mass is 35.5. The quantitative estimate of drug-likeness (QED) is 0.881. The Bertz CT molecular complexity index is 650. The van der Waals surface area contributed by atoms with Gasteiger partial charge in [0.25, 0.3) is 0 Å². The molecule has 0 saturated heterocycles. The summed E-state index contributed by atoms with van der Waals surface area (Å²) in [5, 5.41) is 9.16. The van der Waals surface area contributed by atoms with Crippen molar-refractivity contribution in [2.24, 2.45) is 10.2 Å². The molecule has 1 aliphatic heterocycles. The highest BCUT2D eigenvalue weighted by Crippen LogP contribution is 2.15. The lowest BCUT2D eigenvalue weighted by molar-refractivity contribution is 0.883. The first-order chi connectivity index (χ1) is 9.34. The molecule has 2 aromatic carbocycles. The number of hydrazone groups is 2. The van der Waals surface area contributed by atoms with Crippen LogP contribution >= 0.6 is 11.6 Å². The predicted octanol–water partition coefficient (Wildman–Crippen LogP) is 2.56. The standard InChI is InChI=1S/C14H11ClN4/c15-12-9-5-4-8-11(12)14-18-16-13(17-19-14)10-6-2-1-3-7-10/h1-9H,(H,16,17)(H,18,19). The zero-order chi connectivity index (χ0) is 13.1. The average molecular weight is 271 g/mol. The molecule has 0 unspecified atom stereocenters. The van der Waals surface area contributed by atoms with Crippen LogP contribution in [-0.4, -0.2) is 11.7 Å². The number of hydrogen-bond acceptors (Lipinski definition) is 4. The molecule has 5 heteroatoms. The van der Waals surface area contributed by atoms with Crippen LogP contribution in [0.2, 0.25) is 5.02 Å². The Morgan fingerprint density at radius 2 is 1.37 bits per heavy atom. The van der Waals surface area contributed by atoms with Gasteiger partial charge >= 0.3 is 0 Å². The van der Waals surface area contributed by atoms with Gasteiger partial charge in [0.05, 0.1) is 5.02 Å². The molecule has 2 N–H and O–H groups in total. The van der Waals surface area contributed by atoms with E-state index in [0.29, 0.717) is 16.7 Å². The van der Waals surface area contributed by atoms with Gasteiger partial charge in [0.1, 0.15) is 0 Å². The summed E-state index contributed by atoms with van der Waals surface area (Å²) in [5.41, 5.74) is 7.63. The third-order valence-electron chi connectivity index (χ3n) is 2.72. The fourth-order valence-corrected chi connectivity index (χ4v) is 1.99. The average Bonchev–Trinajstić information content (AvgIpc) is 2.49. The Morgan fingerprint density at radius 3 is 2.05 bits per heavy atom. The molecule has 0 saturated carbocycles. The second kappa shape index (κ2) is 5.12. The van der Waals surface area contributed by atoms with Crippen LogP contribution < -0.4 is 10.9 Å². The summed E-state index contributed by atoms with van der Waals surface area (Å²) >= 11 is 6.11. The first kappa shape index (κ1) is 11.7. The summed E-state index contributed by atoms with van der Waals surface area (Å²) in [6.45, 7) is 0. The SMILES string of the molecule is Clc1ccccc1C1=NNC(c2ccccc2)=NN1. The Morgan fingerprint density at radius 1 is 0.737 bits per heavy atom. The van der Waals surface area contributed by atoms with Crippen molar-refractivity contribution in [3.05, 3.63) is 70.7 Å². The van der Waals surface area contributed by atoms with Gasteiger partial charge in [-0.2, -0.15) is 10.2 Å². The molecule has 3 rings (SSSR count). The van der Waals surface area contributed by atoms with Crippen LogP contribution in [0.4, 0.5) is 0 Å². The summed E-state index contributed by atoms with van der Waals surface area (Å²) in [7, 11) is 0. The summed E-state index contributed by atoms with van der Waals surface area (Å²) in [6.07, 6.45) is 0. The maximum absolute atomic E-state index is 6.11. The Kier molecular flexibility index (Phi) is 3.16. The van der Waals surface area contributed by atoms with E-state index < -0.39 is 0 Å². The first-order valence-electron chi connectivity index (χ1n) is 5.82. The minimum Gasteiger partial charge on any atom is -0.257 e. The van der Waals surface area contributed by atoms with Crippen LogP contribution in [0, 0.1) is 0 Å². The van der Waals surface area contributed by atoms with Crippen LogP contribution in [0.3, 0.4) is 0 Å². The zero-order valence-electron chi connectivity index (χ0n) is 9.97. The summed E-state index contributed by atoms with van der Waals surface area (Å²) in [5.74, 6) is 1.28. The smallest absolute Gasteiger partial charge is 0.175 e. The van der Waals surface area contributed by atoms with Crippen molar-refractivity contribution in [1.82, 2.24) is 10.9 Å². The van der Waals surface area contributed by atoms with Crippen molar-refractivity contribution >= 4 is 23.3 Å². The van der Waals surface area contributed by atoms with Crippen LogP contribution in [0.25, 0.3) is 0 Å². The van der Waals surface area contributed by atoms with Gasteiger partial charge in [0, 0.05) is 11.1 Å². The number of nitrogens with zero attached hydrogens (tertiary/aromatic N) is 2. The third kappa shape index (κ3) is 2.44. The molecule has 0 amide bonds. The zero-order valence-corrected chi connectivity index (χ0v) is 10.7. The second-order valence-corrected chi connectivity index (χ2v) is 4.40. The van der Waals surface area contributed by atoms with Crippen LogP contribution in [-0.2, 0) is 0 Å². The van der Waals surface area contributed by atoms with Gasteiger partial charge in [-0.1, -0.05) is 54.1 Å². The van der Waals surface area contributed by atoms with Crippen molar-refractivity contribution in [2.75, 3.05) is 0 Å². The van der Waals surface area contributed by atoms with Crippen molar-refractivity contribution in [3.8, 4) is 0 Å². The third-order valence-corrected chi connectivity index (χ3v) is 3.05. The molecular formula is C14H11ClN4. The fraction of sp³-hybridized carbons (Fsp3) is 0. The number of halogens is 1. The van der Waals surface area contributed by atoms with Gasteiger partial charge in [-0.15, -0.1) is 0 Å². The molecule has 2 aromatic rings. The topological polar surface area (TPSA) is 48.8 Å². The lowest BCUT2D eigenvalue weighted by Crippen LogP contribution is -2.34.